The summed E-state index contributed by atoms with van der Waals surface area (Å²) in [6.07, 6.45) is -4.44. The summed E-state index contributed by atoms with van der Waals surface area (Å²) in [6.45, 7) is -0.482. The Bertz CT molecular complexity index is 277. The molecule has 0 aliphatic heterocycles. The van der Waals surface area contributed by atoms with Gasteiger partial charge in [-0.05, 0) is 12.1 Å². The lowest BCUT2D eigenvalue weighted by molar-refractivity contribution is -0.141. The third-order valence-electron chi connectivity index (χ3n) is 1.26. The largest absolute Gasteiger partial charge is 0.433 e. The average Bonchev–Trinajstić information content (AvgIpc) is 2.03. The molecule has 0 saturated carbocycles. The summed E-state index contributed by atoms with van der Waals surface area (Å²) in [7, 11) is 0. The Morgan fingerprint density at radius 1 is 1.31 bits per heavy atom. The number of hydrogen-bond donors (Lipinski definition) is 1. The normalized spacial score (nSPS) is 10.8. The maximum atomic E-state index is 12.0. The number of aromatic nitrogens is 1. The quantitative estimate of drug-likeness (QED) is 0.774. The molecule has 1 N–H and O–H groups in total. The lowest BCUT2D eigenvalue weighted by atomic mass is 10.3. The number of aliphatic hydroxyl groups is 1. The van der Waals surface area contributed by atoms with Gasteiger partial charge in [-0.25, -0.2) is 4.98 Å². The van der Waals surface area contributed by atoms with E-state index in [1.807, 2.05) is 0 Å². The van der Waals surface area contributed by atoms with Gasteiger partial charge in [-0.2, -0.15) is 13.2 Å². The molecule has 1 heterocycles. The van der Waals surface area contributed by atoms with Crippen molar-refractivity contribution in [1.82, 2.24) is 4.98 Å². The van der Waals surface area contributed by atoms with Crippen LogP contribution >= 0.6 is 12.4 Å². The van der Waals surface area contributed by atoms with Gasteiger partial charge in [-0.15, -0.1) is 12.4 Å². The second-order valence-corrected chi connectivity index (χ2v) is 2.17. The number of nitrogens with zero attached hydrogens (tertiary/aromatic N) is 1. The molecule has 0 radical (unpaired) electrons. The fraction of sp³-hybridized carbons (Fsp3) is 0.286. The number of halogens is 4. The van der Waals surface area contributed by atoms with E-state index in [2.05, 4.69) is 4.98 Å². The zero-order chi connectivity index (χ0) is 9.19. The second kappa shape index (κ2) is 4.43. The van der Waals surface area contributed by atoms with Crippen LogP contribution in [0.25, 0.3) is 0 Å². The van der Waals surface area contributed by atoms with Crippen molar-refractivity contribution in [2.45, 2.75) is 12.8 Å². The Morgan fingerprint density at radius 2 is 1.92 bits per heavy atom. The van der Waals surface area contributed by atoms with E-state index in [1.165, 1.54) is 12.1 Å². The molecular weight excluding hydrogens is 207 g/mol. The van der Waals surface area contributed by atoms with E-state index in [9.17, 15) is 13.2 Å². The third-order valence-corrected chi connectivity index (χ3v) is 1.26. The monoisotopic (exact) mass is 213 g/mol. The van der Waals surface area contributed by atoms with Crippen LogP contribution in [0.1, 0.15) is 11.4 Å². The Hall–Kier alpha value is -0.810. The molecule has 0 atom stereocenters. The first-order valence-corrected chi connectivity index (χ1v) is 3.18. The van der Waals surface area contributed by atoms with Crippen LogP contribution in [0, 0.1) is 0 Å². The molecular formula is C7H7ClF3NO. The average molecular weight is 214 g/mol. The summed E-state index contributed by atoms with van der Waals surface area (Å²) in [5, 5.41) is 8.50. The zero-order valence-corrected chi connectivity index (χ0v) is 7.19. The fourth-order valence-electron chi connectivity index (χ4n) is 0.726. The van der Waals surface area contributed by atoms with Crippen molar-refractivity contribution in [2.75, 3.05) is 0 Å². The molecule has 0 unspecified atom stereocenters. The van der Waals surface area contributed by atoms with Gasteiger partial charge in [0.15, 0.2) is 0 Å². The molecule has 0 aromatic carbocycles. The molecule has 6 heteroatoms. The van der Waals surface area contributed by atoms with E-state index in [1.54, 1.807) is 0 Å². The van der Waals surface area contributed by atoms with Crippen LogP contribution in [0.4, 0.5) is 13.2 Å². The lowest BCUT2D eigenvalue weighted by Crippen LogP contribution is -2.08. The Kier molecular flexibility index (Phi) is 4.16. The Morgan fingerprint density at radius 3 is 2.38 bits per heavy atom. The smallest absolute Gasteiger partial charge is 0.390 e. The maximum absolute atomic E-state index is 12.0. The summed E-state index contributed by atoms with van der Waals surface area (Å²) in [5.74, 6) is 0. The summed E-state index contributed by atoms with van der Waals surface area (Å²) < 4.78 is 35.9. The van der Waals surface area contributed by atoms with Gasteiger partial charge >= 0.3 is 6.18 Å². The van der Waals surface area contributed by atoms with Crippen molar-refractivity contribution < 1.29 is 18.3 Å². The van der Waals surface area contributed by atoms with Crippen LogP contribution in [0.2, 0.25) is 0 Å². The second-order valence-electron chi connectivity index (χ2n) is 2.17. The van der Waals surface area contributed by atoms with Gasteiger partial charge in [0, 0.05) is 0 Å². The van der Waals surface area contributed by atoms with Crippen molar-refractivity contribution in [3.05, 3.63) is 29.6 Å². The molecule has 0 aliphatic carbocycles. The number of hydrogen-bond acceptors (Lipinski definition) is 2. The van der Waals surface area contributed by atoms with E-state index >= 15 is 0 Å². The molecule has 0 bridgehead atoms. The predicted molar refractivity (Wildman–Crippen MR) is 42.4 cm³/mol. The van der Waals surface area contributed by atoms with Gasteiger partial charge in [-0.3, -0.25) is 0 Å². The van der Waals surface area contributed by atoms with Crippen molar-refractivity contribution in [2.24, 2.45) is 0 Å². The van der Waals surface area contributed by atoms with Crippen LogP contribution < -0.4 is 0 Å². The van der Waals surface area contributed by atoms with E-state index in [4.69, 9.17) is 5.11 Å². The lowest BCUT2D eigenvalue weighted by Gasteiger charge is -2.05. The van der Waals surface area contributed by atoms with Gasteiger partial charge in [0.05, 0.1) is 12.3 Å². The first-order valence-electron chi connectivity index (χ1n) is 3.18. The zero-order valence-electron chi connectivity index (χ0n) is 6.38. The standard InChI is InChI=1S/C7H6F3NO.ClH/c8-7(9,10)6-3-1-2-5(4-12)11-6;/h1-3,12H,4H2;1H. The molecule has 1 aromatic rings. The van der Waals surface area contributed by atoms with Crippen LogP contribution in [0.15, 0.2) is 18.2 Å². The van der Waals surface area contributed by atoms with Crippen LogP contribution in [-0.4, -0.2) is 10.1 Å². The summed E-state index contributed by atoms with van der Waals surface area (Å²) in [5.41, 5.74) is -0.959. The molecule has 0 saturated heterocycles. The molecule has 1 rings (SSSR count). The molecule has 0 amide bonds. The van der Waals surface area contributed by atoms with E-state index in [0.29, 0.717) is 0 Å². The van der Waals surface area contributed by atoms with Crippen molar-refractivity contribution >= 4 is 12.4 Å². The number of pyridine rings is 1. The van der Waals surface area contributed by atoms with E-state index < -0.39 is 18.5 Å². The van der Waals surface area contributed by atoms with Gasteiger partial charge in [0.2, 0.25) is 0 Å². The molecule has 2 nitrogen and oxygen atoms in total. The highest BCUT2D eigenvalue weighted by molar-refractivity contribution is 5.85. The van der Waals surface area contributed by atoms with Crippen molar-refractivity contribution in [3.8, 4) is 0 Å². The first kappa shape index (κ1) is 12.2. The van der Waals surface area contributed by atoms with Crippen LogP contribution in [0.3, 0.4) is 0 Å². The minimum atomic E-state index is -4.44. The van der Waals surface area contributed by atoms with Gasteiger partial charge in [-0.1, -0.05) is 6.07 Å². The van der Waals surface area contributed by atoms with Crippen LogP contribution in [0.5, 0.6) is 0 Å². The van der Waals surface area contributed by atoms with Gasteiger partial charge < -0.3 is 5.11 Å². The highest BCUT2D eigenvalue weighted by Gasteiger charge is 2.32. The first-order chi connectivity index (χ1) is 5.54. The molecule has 0 fully saturated rings. The minimum absolute atomic E-state index is 0. The summed E-state index contributed by atoms with van der Waals surface area (Å²) in [6, 6.07) is 3.40. The number of rotatable bonds is 1. The number of aliphatic hydroxyl groups excluding tert-OH is 1. The topological polar surface area (TPSA) is 33.1 Å². The highest BCUT2D eigenvalue weighted by Crippen LogP contribution is 2.27. The van der Waals surface area contributed by atoms with Crippen molar-refractivity contribution in [3.63, 3.8) is 0 Å². The SMILES string of the molecule is Cl.OCc1cccc(C(F)(F)F)n1. The van der Waals surface area contributed by atoms with Crippen molar-refractivity contribution in [1.29, 1.82) is 0 Å². The molecule has 1 aromatic heterocycles. The molecule has 74 valence electrons. The van der Waals surface area contributed by atoms with Crippen LogP contribution in [-0.2, 0) is 12.8 Å². The van der Waals surface area contributed by atoms with E-state index in [0.717, 1.165) is 6.07 Å². The Labute approximate surface area is 78.8 Å². The van der Waals surface area contributed by atoms with Gasteiger partial charge in [0.1, 0.15) is 5.69 Å². The maximum Gasteiger partial charge on any atom is 0.433 e. The minimum Gasteiger partial charge on any atom is -0.390 e. The molecule has 0 aliphatic rings. The fourth-order valence-corrected chi connectivity index (χ4v) is 0.726. The summed E-state index contributed by atoms with van der Waals surface area (Å²) >= 11 is 0. The Balaban J connectivity index is 0.00000144. The summed E-state index contributed by atoms with van der Waals surface area (Å²) in [4.78, 5) is 3.19. The number of alkyl halides is 3. The molecule has 13 heavy (non-hydrogen) atoms. The third kappa shape index (κ3) is 3.20. The predicted octanol–water partition coefficient (Wildman–Crippen LogP) is 2.01. The van der Waals surface area contributed by atoms with Gasteiger partial charge in [0.25, 0.3) is 0 Å². The highest BCUT2D eigenvalue weighted by atomic mass is 35.5. The van der Waals surface area contributed by atoms with E-state index in [-0.39, 0.29) is 18.1 Å². The molecule has 0 spiro atoms.